The van der Waals surface area contributed by atoms with Gasteiger partial charge in [0.1, 0.15) is 5.75 Å². The van der Waals surface area contributed by atoms with Crippen molar-refractivity contribution in [2.45, 2.75) is 31.8 Å². The lowest BCUT2D eigenvalue weighted by molar-refractivity contribution is 0.242. The van der Waals surface area contributed by atoms with E-state index in [1.165, 1.54) is 12.1 Å². The number of anilines is 1. The zero-order chi connectivity index (χ0) is 16.3. The van der Waals surface area contributed by atoms with Crippen LogP contribution in [0.2, 0.25) is 5.02 Å². The molecule has 0 bridgehead atoms. The van der Waals surface area contributed by atoms with Crippen molar-refractivity contribution in [3.05, 3.63) is 53.1 Å². The molecule has 0 aliphatic heterocycles. The van der Waals surface area contributed by atoms with Gasteiger partial charge in [-0.15, -0.1) is 0 Å². The lowest BCUT2D eigenvalue weighted by Gasteiger charge is -2.12. The lowest BCUT2D eigenvalue weighted by Crippen LogP contribution is -2.13. The van der Waals surface area contributed by atoms with E-state index in [1.807, 2.05) is 20.8 Å². The first-order valence-corrected chi connectivity index (χ1v) is 8.70. The highest BCUT2D eigenvalue weighted by Gasteiger charge is 2.15. The van der Waals surface area contributed by atoms with Crippen LogP contribution in [0.4, 0.5) is 5.69 Å². The van der Waals surface area contributed by atoms with Crippen LogP contribution < -0.4 is 9.46 Å². The van der Waals surface area contributed by atoms with Gasteiger partial charge < -0.3 is 4.74 Å². The molecule has 1 N–H and O–H groups in total. The van der Waals surface area contributed by atoms with Gasteiger partial charge in [-0.25, -0.2) is 8.42 Å². The summed E-state index contributed by atoms with van der Waals surface area (Å²) < 4.78 is 32.7. The first kappa shape index (κ1) is 16.6. The Morgan fingerprint density at radius 3 is 2.27 bits per heavy atom. The van der Waals surface area contributed by atoms with Gasteiger partial charge in [-0.2, -0.15) is 0 Å². The molecule has 2 aromatic rings. The van der Waals surface area contributed by atoms with Gasteiger partial charge in [0.15, 0.2) is 0 Å². The van der Waals surface area contributed by atoms with E-state index in [-0.39, 0.29) is 11.0 Å². The van der Waals surface area contributed by atoms with Crippen LogP contribution in [0.1, 0.15) is 19.4 Å². The Morgan fingerprint density at radius 1 is 1.09 bits per heavy atom. The Hall–Kier alpha value is -1.72. The predicted molar refractivity (Wildman–Crippen MR) is 89.2 cm³/mol. The third-order valence-corrected chi connectivity index (χ3v) is 4.72. The van der Waals surface area contributed by atoms with Crippen LogP contribution in [0.25, 0.3) is 0 Å². The minimum Gasteiger partial charge on any atom is -0.491 e. The molecule has 0 atom stereocenters. The van der Waals surface area contributed by atoms with Crippen molar-refractivity contribution in [1.29, 1.82) is 0 Å². The third-order valence-electron chi connectivity index (χ3n) is 2.93. The van der Waals surface area contributed by atoms with Crippen molar-refractivity contribution in [2.24, 2.45) is 0 Å². The molecular weight excluding hydrogens is 322 g/mol. The Kier molecular flexibility index (Phi) is 4.98. The minimum atomic E-state index is -3.66. The van der Waals surface area contributed by atoms with Crippen molar-refractivity contribution < 1.29 is 13.2 Å². The van der Waals surface area contributed by atoms with Crippen molar-refractivity contribution in [1.82, 2.24) is 0 Å². The van der Waals surface area contributed by atoms with Crippen LogP contribution in [0.15, 0.2) is 47.4 Å². The summed E-state index contributed by atoms with van der Waals surface area (Å²) in [5.74, 6) is 0.691. The average Bonchev–Trinajstić information content (AvgIpc) is 2.43. The number of benzene rings is 2. The number of rotatable bonds is 5. The molecule has 0 aromatic heterocycles. The Bertz CT molecular complexity index is 755. The van der Waals surface area contributed by atoms with Gasteiger partial charge in [0.05, 0.1) is 11.0 Å². The molecule has 4 nitrogen and oxygen atoms in total. The average molecular weight is 340 g/mol. The Balaban J connectivity index is 2.19. The smallest absolute Gasteiger partial charge is 0.261 e. The number of ether oxygens (including phenoxy) is 1. The van der Waals surface area contributed by atoms with E-state index >= 15 is 0 Å². The molecule has 2 aromatic carbocycles. The molecular formula is C16H18ClNO3S. The molecule has 22 heavy (non-hydrogen) atoms. The predicted octanol–water partition coefficient (Wildman–Crippen LogP) is 4.24. The monoisotopic (exact) mass is 339 g/mol. The molecule has 118 valence electrons. The van der Waals surface area contributed by atoms with Crippen LogP contribution in [0.3, 0.4) is 0 Å². The van der Waals surface area contributed by atoms with Gasteiger partial charge in [-0.3, -0.25) is 4.72 Å². The number of sulfonamides is 1. The first-order chi connectivity index (χ1) is 10.3. The van der Waals surface area contributed by atoms with Gasteiger partial charge in [0, 0.05) is 10.7 Å². The summed E-state index contributed by atoms with van der Waals surface area (Å²) in [5, 5.41) is 0.420. The van der Waals surface area contributed by atoms with E-state index in [0.29, 0.717) is 16.5 Å². The van der Waals surface area contributed by atoms with E-state index < -0.39 is 10.0 Å². The first-order valence-electron chi connectivity index (χ1n) is 6.83. The summed E-state index contributed by atoms with van der Waals surface area (Å²) in [6, 6.07) is 11.4. The summed E-state index contributed by atoms with van der Waals surface area (Å²) in [6.07, 6.45) is 0.0669. The zero-order valence-electron chi connectivity index (χ0n) is 12.6. The number of halogens is 1. The highest BCUT2D eigenvalue weighted by Crippen LogP contribution is 2.23. The molecule has 0 aliphatic carbocycles. The summed E-state index contributed by atoms with van der Waals surface area (Å²) in [4.78, 5) is 0.130. The van der Waals surface area contributed by atoms with E-state index in [9.17, 15) is 8.42 Å². The number of aryl methyl sites for hydroxylation is 1. The van der Waals surface area contributed by atoms with Crippen molar-refractivity contribution >= 4 is 27.3 Å². The molecule has 6 heteroatoms. The van der Waals surface area contributed by atoms with Crippen molar-refractivity contribution in [3.8, 4) is 5.75 Å². The van der Waals surface area contributed by atoms with Crippen LogP contribution >= 0.6 is 11.6 Å². The Morgan fingerprint density at radius 2 is 1.73 bits per heavy atom. The van der Waals surface area contributed by atoms with Gasteiger partial charge in [0.2, 0.25) is 0 Å². The van der Waals surface area contributed by atoms with Crippen LogP contribution in [0, 0.1) is 6.92 Å². The quantitative estimate of drug-likeness (QED) is 0.886. The van der Waals surface area contributed by atoms with E-state index in [4.69, 9.17) is 16.3 Å². The lowest BCUT2D eigenvalue weighted by atomic mass is 10.2. The molecule has 2 rings (SSSR count). The number of hydrogen-bond donors (Lipinski definition) is 1. The van der Waals surface area contributed by atoms with Gasteiger partial charge in [-0.05, 0) is 62.7 Å². The van der Waals surface area contributed by atoms with E-state index in [2.05, 4.69) is 4.72 Å². The second kappa shape index (κ2) is 6.58. The molecule has 0 spiro atoms. The third kappa shape index (κ3) is 4.15. The van der Waals surface area contributed by atoms with E-state index in [0.717, 1.165) is 5.56 Å². The van der Waals surface area contributed by atoms with Crippen LogP contribution in [0.5, 0.6) is 5.75 Å². The maximum atomic E-state index is 12.3. The van der Waals surface area contributed by atoms with Crippen LogP contribution in [-0.2, 0) is 10.0 Å². The molecule has 0 fully saturated rings. The molecule has 0 heterocycles. The number of hydrogen-bond acceptors (Lipinski definition) is 3. The minimum absolute atomic E-state index is 0.0669. The SMILES string of the molecule is Cc1ccc(S(=O)(=O)Nc2ccc(OC(C)C)cc2)cc1Cl. The van der Waals surface area contributed by atoms with Gasteiger partial charge in [-0.1, -0.05) is 17.7 Å². The van der Waals surface area contributed by atoms with Crippen molar-refractivity contribution in [3.63, 3.8) is 0 Å². The largest absolute Gasteiger partial charge is 0.491 e. The fourth-order valence-electron chi connectivity index (χ4n) is 1.83. The topological polar surface area (TPSA) is 55.4 Å². The van der Waals surface area contributed by atoms with Gasteiger partial charge >= 0.3 is 0 Å². The fraction of sp³-hybridized carbons (Fsp3) is 0.250. The van der Waals surface area contributed by atoms with Crippen molar-refractivity contribution in [2.75, 3.05) is 4.72 Å². The second-order valence-corrected chi connectivity index (χ2v) is 7.30. The molecule has 0 saturated heterocycles. The summed E-state index contributed by atoms with van der Waals surface area (Å²) in [7, 11) is -3.66. The molecule has 0 amide bonds. The molecule has 0 saturated carbocycles. The molecule has 0 aliphatic rings. The maximum absolute atomic E-state index is 12.3. The highest BCUT2D eigenvalue weighted by molar-refractivity contribution is 7.92. The standard InChI is InChI=1S/C16H18ClNO3S/c1-11(2)21-14-7-5-13(6-8-14)18-22(19,20)15-9-4-12(3)16(17)10-15/h4-11,18H,1-3H3. The van der Waals surface area contributed by atoms with Gasteiger partial charge in [0.25, 0.3) is 10.0 Å². The summed E-state index contributed by atoms with van der Waals surface area (Å²) in [5.41, 5.74) is 1.30. The van der Waals surface area contributed by atoms with E-state index in [1.54, 1.807) is 30.3 Å². The highest BCUT2D eigenvalue weighted by atomic mass is 35.5. The Labute approximate surface area is 136 Å². The number of nitrogens with one attached hydrogen (secondary N) is 1. The van der Waals surface area contributed by atoms with Crippen LogP contribution in [-0.4, -0.2) is 14.5 Å². The summed E-state index contributed by atoms with van der Waals surface area (Å²) >= 11 is 5.98. The maximum Gasteiger partial charge on any atom is 0.261 e. The second-order valence-electron chi connectivity index (χ2n) is 5.21. The molecule has 0 radical (unpaired) electrons. The summed E-state index contributed by atoms with van der Waals surface area (Å²) in [6.45, 7) is 5.68. The normalized spacial score (nSPS) is 11.5. The molecule has 0 unspecified atom stereocenters. The zero-order valence-corrected chi connectivity index (χ0v) is 14.2. The fourth-order valence-corrected chi connectivity index (χ4v) is 3.16.